The summed E-state index contributed by atoms with van der Waals surface area (Å²) >= 11 is 0. The Bertz CT molecular complexity index is 733. The Morgan fingerprint density at radius 1 is 1.00 bits per heavy atom. The van der Waals surface area contributed by atoms with Crippen LogP contribution in [0.3, 0.4) is 0 Å². The third-order valence-electron chi connectivity index (χ3n) is 3.30. The predicted octanol–water partition coefficient (Wildman–Crippen LogP) is 0.929. The summed E-state index contributed by atoms with van der Waals surface area (Å²) in [6, 6.07) is 8.24. The largest absolute Gasteiger partial charge is 0.366 e. The molecule has 0 aromatic heterocycles. The molecule has 0 bridgehead atoms. The molecule has 2 aliphatic rings. The Morgan fingerprint density at radius 2 is 1.78 bits per heavy atom. The molecule has 18 heavy (non-hydrogen) atoms. The van der Waals surface area contributed by atoms with Crippen LogP contribution in [0.1, 0.15) is 6.42 Å². The topological polar surface area (TPSA) is 43.1 Å². The lowest BCUT2D eigenvalue weighted by Gasteiger charge is -2.13. The fourth-order valence-electron chi connectivity index (χ4n) is 2.28. The summed E-state index contributed by atoms with van der Waals surface area (Å²) in [5.41, 5.74) is 8.29. The van der Waals surface area contributed by atoms with Gasteiger partial charge in [0.2, 0.25) is 5.91 Å². The van der Waals surface area contributed by atoms with Crippen LogP contribution in [0, 0.1) is 0 Å². The maximum Gasteiger partial charge on any atom is 0.244 e. The maximum atomic E-state index is 11.2. The number of amides is 1. The first-order chi connectivity index (χ1) is 8.74. The van der Waals surface area contributed by atoms with E-state index < -0.39 is 0 Å². The van der Waals surface area contributed by atoms with Gasteiger partial charge in [-0.25, -0.2) is 0 Å². The summed E-state index contributed by atoms with van der Waals surface area (Å²) in [6.45, 7) is 0. The quantitative estimate of drug-likeness (QED) is 0.773. The van der Waals surface area contributed by atoms with Crippen molar-refractivity contribution in [2.24, 2.45) is 5.73 Å². The van der Waals surface area contributed by atoms with E-state index in [4.69, 9.17) is 5.73 Å². The van der Waals surface area contributed by atoms with E-state index >= 15 is 0 Å². The van der Waals surface area contributed by atoms with E-state index in [2.05, 4.69) is 30.4 Å². The molecule has 0 aliphatic heterocycles. The van der Waals surface area contributed by atoms with E-state index in [0.29, 0.717) is 12.0 Å². The second-order valence-electron chi connectivity index (χ2n) is 4.49. The van der Waals surface area contributed by atoms with Crippen molar-refractivity contribution in [1.29, 1.82) is 0 Å². The number of primary amides is 1. The second-order valence-corrected chi connectivity index (χ2v) is 4.49. The maximum absolute atomic E-state index is 11.2. The minimum absolute atomic E-state index is 0.340. The number of benzene rings is 1. The van der Waals surface area contributed by atoms with Crippen molar-refractivity contribution in [2.75, 3.05) is 0 Å². The molecular formula is C16H13NO. The lowest BCUT2D eigenvalue weighted by atomic mass is 9.92. The molecule has 0 saturated carbocycles. The van der Waals surface area contributed by atoms with Crippen LogP contribution in [-0.4, -0.2) is 5.91 Å². The Balaban J connectivity index is 2.17. The molecule has 2 aliphatic carbocycles. The average molecular weight is 235 g/mol. The van der Waals surface area contributed by atoms with E-state index in [9.17, 15) is 4.79 Å². The Kier molecular flexibility index (Phi) is 2.49. The summed E-state index contributed by atoms with van der Waals surface area (Å²) in [7, 11) is 0. The zero-order valence-electron chi connectivity index (χ0n) is 9.89. The van der Waals surface area contributed by atoms with E-state index in [1.54, 1.807) is 0 Å². The van der Waals surface area contributed by atoms with Crippen molar-refractivity contribution < 1.29 is 4.79 Å². The highest BCUT2D eigenvalue weighted by atomic mass is 16.1. The van der Waals surface area contributed by atoms with Crippen LogP contribution in [0.15, 0.2) is 59.2 Å². The fourth-order valence-corrected chi connectivity index (χ4v) is 2.28. The zero-order valence-corrected chi connectivity index (χ0v) is 9.89. The molecule has 2 heteroatoms. The zero-order chi connectivity index (χ0) is 12.5. The first-order valence-electron chi connectivity index (χ1n) is 5.93. The van der Waals surface area contributed by atoms with Crippen LogP contribution in [-0.2, 0) is 4.79 Å². The van der Waals surface area contributed by atoms with Gasteiger partial charge in [-0.15, -0.1) is 0 Å². The lowest BCUT2D eigenvalue weighted by Crippen LogP contribution is -2.22. The number of hydrogen-bond acceptors (Lipinski definition) is 1. The third-order valence-corrected chi connectivity index (χ3v) is 3.30. The van der Waals surface area contributed by atoms with Crippen molar-refractivity contribution in [1.82, 2.24) is 0 Å². The normalized spacial score (nSPS) is 16.8. The van der Waals surface area contributed by atoms with Gasteiger partial charge in [-0.1, -0.05) is 48.6 Å². The van der Waals surface area contributed by atoms with Crippen LogP contribution in [0.25, 0.3) is 12.2 Å². The molecule has 1 aromatic carbocycles. The number of hydrogen-bond donors (Lipinski definition) is 1. The van der Waals surface area contributed by atoms with Gasteiger partial charge >= 0.3 is 0 Å². The molecule has 1 amide bonds. The van der Waals surface area contributed by atoms with Gasteiger partial charge < -0.3 is 5.73 Å². The summed E-state index contributed by atoms with van der Waals surface area (Å²) < 4.78 is 0. The molecule has 0 unspecified atom stereocenters. The minimum atomic E-state index is -0.340. The molecule has 88 valence electrons. The molecule has 3 rings (SSSR count). The van der Waals surface area contributed by atoms with Crippen molar-refractivity contribution in [3.05, 3.63) is 69.7 Å². The fraction of sp³-hybridized carbons (Fsp3) is 0.0625. The minimum Gasteiger partial charge on any atom is -0.366 e. The SMILES string of the molecule is NC(=O)C1=CC=C2C=c3ccccc3=CC=C2C1. The number of carbonyl (C=O) groups excluding carboxylic acids is 1. The Hall–Kier alpha value is -2.35. The predicted molar refractivity (Wildman–Crippen MR) is 72.7 cm³/mol. The van der Waals surface area contributed by atoms with Gasteiger partial charge in [0.05, 0.1) is 0 Å². The van der Waals surface area contributed by atoms with Crippen molar-refractivity contribution >= 4 is 18.1 Å². The number of rotatable bonds is 1. The summed E-state index contributed by atoms with van der Waals surface area (Å²) in [6.07, 6.45) is 10.7. The molecule has 0 heterocycles. The van der Waals surface area contributed by atoms with Crippen LogP contribution >= 0.6 is 0 Å². The summed E-state index contributed by atoms with van der Waals surface area (Å²) in [5.74, 6) is -0.340. The Morgan fingerprint density at radius 3 is 2.56 bits per heavy atom. The van der Waals surface area contributed by atoms with Crippen LogP contribution in [0.4, 0.5) is 0 Å². The van der Waals surface area contributed by atoms with Gasteiger partial charge in [0.25, 0.3) is 0 Å². The molecule has 0 spiro atoms. The number of fused-ring (bicyclic) bond motifs is 2. The molecule has 2 N–H and O–H groups in total. The van der Waals surface area contributed by atoms with Gasteiger partial charge in [0.15, 0.2) is 0 Å². The molecule has 0 fully saturated rings. The first kappa shape index (κ1) is 10.8. The van der Waals surface area contributed by atoms with Crippen LogP contribution in [0.5, 0.6) is 0 Å². The number of allylic oxidation sites excluding steroid dienone is 5. The first-order valence-corrected chi connectivity index (χ1v) is 5.93. The van der Waals surface area contributed by atoms with Crippen molar-refractivity contribution in [3.8, 4) is 0 Å². The molecule has 0 saturated heterocycles. The highest BCUT2D eigenvalue weighted by molar-refractivity contribution is 5.94. The molecule has 0 atom stereocenters. The van der Waals surface area contributed by atoms with Gasteiger partial charge in [0.1, 0.15) is 0 Å². The van der Waals surface area contributed by atoms with E-state index in [1.807, 2.05) is 24.3 Å². The summed E-state index contributed by atoms with van der Waals surface area (Å²) in [5, 5.41) is 2.40. The summed E-state index contributed by atoms with van der Waals surface area (Å²) in [4.78, 5) is 11.2. The van der Waals surface area contributed by atoms with Crippen LogP contribution < -0.4 is 16.2 Å². The molecule has 1 aromatic rings. The average Bonchev–Trinajstić information content (AvgIpc) is 2.56. The highest BCUT2D eigenvalue weighted by Gasteiger charge is 2.14. The van der Waals surface area contributed by atoms with E-state index in [-0.39, 0.29) is 5.91 Å². The highest BCUT2D eigenvalue weighted by Crippen LogP contribution is 2.26. The van der Waals surface area contributed by atoms with Crippen molar-refractivity contribution in [3.63, 3.8) is 0 Å². The van der Waals surface area contributed by atoms with Gasteiger partial charge in [0, 0.05) is 12.0 Å². The number of carbonyl (C=O) groups is 1. The van der Waals surface area contributed by atoms with Crippen molar-refractivity contribution in [2.45, 2.75) is 6.42 Å². The van der Waals surface area contributed by atoms with Gasteiger partial charge in [-0.05, 0) is 27.7 Å². The smallest absolute Gasteiger partial charge is 0.244 e. The second kappa shape index (κ2) is 4.15. The lowest BCUT2D eigenvalue weighted by molar-refractivity contribution is -0.114. The monoisotopic (exact) mass is 235 g/mol. The third kappa shape index (κ3) is 1.82. The standard InChI is InChI=1S/C16H13NO/c17-16(18)15-8-7-13-9-12-4-2-1-3-11(12)5-6-14(13)10-15/h1-9H,10H2,(H2,17,18). The van der Waals surface area contributed by atoms with E-state index in [1.165, 1.54) is 10.4 Å². The molecule has 2 nitrogen and oxygen atoms in total. The van der Waals surface area contributed by atoms with Gasteiger partial charge in [-0.3, -0.25) is 4.79 Å². The van der Waals surface area contributed by atoms with E-state index in [0.717, 1.165) is 11.1 Å². The number of nitrogens with two attached hydrogens (primary N) is 1. The molecule has 0 radical (unpaired) electrons. The Labute approximate surface area is 105 Å². The van der Waals surface area contributed by atoms with Gasteiger partial charge in [-0.2, -0.15) is 0 Å². The van der Waals surface area contributed by atoms with Crippen LogP contribution in [0.2, 0.25) is 0 Å². The molecular weight excluding hydrogens is 222 g/mol.